The van der Waals surface area contributed by atoms with Crippen LogP contribution in [0.2, 0.25) is 0 Å². The summed E-state index contributed by atoms with van der Waals surface area (Å²) in [7, 11) is 6.80. The van der Waals surface area contributed by atoms with Gasteiger partial charge in [0, 0.05) is 43.6 Å². The molecule has 5 rings (SSSR count). The predicted molar refractivity (Wildman–Crippen MR) is 221 cm³/mol. The molecular weight excluding hydrogens is 793 g/mol. The summed E-state index contributed by atoms with van der Waals surface area (Å²) >= 11 is 0. The molecule has 1 aromatic carbocycles. The number of cyclic esters (lactones) is 1. The molecule has 3 aliphatic rings. The van der Waals surface area contributed by atoms with Crippen molar-refractivity contribution in [2.75, 3.05) is 34.9 Å². The maximum Gasteiger partial charge on any atom is 0.425 e. The van der Waals surface area contributed by atoms with Crippen LogP contribution in [0.4, 0.5) is 4.79 Å². The first kappa shape index (κ1) is 47.8. The van der Waals surface area contributed by atoms with Gasteiger partial charge in [-0.3, -0.25) is 14.4 Å². The maximum absolute atomic E-state index is 14.4. The number of esters is 1. The Morgan fingerprint density at radius 2 is 1.72 bits per heavy atom. The summed E-state index contributed by atoms with van der Waals surface area (Å²) in [5.74, 6) is -3.32. The molecule has 3 saturated heterocycles. The average molecular weight is 859 g/mol. The third-order valence-electron chi connectivity index (χ3n) is 12.6. The van der Waals surface area contributed by atoms with E-state index in [9.17, 15) is 24.3 Å². The second-order valence-electron chi connectivity index (χ2n) is 17.4. The van der Waals surface area contributed by atoms with E-state index in [-0.39, 0.29) is 31.5 Å². The Kier molecular flexibility index (Phi) is 15.6. The lowest BCUT2D eigenvalue weighted by atomic mass is 9.79. The third-order valence-corrected chi connectivity index (χ3v) is 12.6. The number of aromatic nitrogens is 2. The van der Waals surface area contributed by atoms with E-state index in [1.54, 1.807) is 53.9 Å². The molecule has 0 spiro atoms. The molecule has 2 amide bonds. The molecule has 0 saturated carbocycles. The molecule has 61 heavy (non-hydrogen) atoms. The number of hydrazine groups is 1. The minimum absolute atomic E-state index is 0.158. The van der Waals surface area contributed by atoms with Gasteiger partial charge in [0.05, 0.1) is 30.8 Å². The number of Topliss-reactive ketones (excluding diaryl/α,β-unsaturated/α-hetero) is 1. The summed E-state index contributed by atoms with van der Waals surface area (Å²) < 4.78 is 41.7. The van der Waals surface area contributed by atoms with Crippen LogP contribution in [0.1, 0.15) is 87.0 Å². The average Bonchev–Trinajstić information content (AvgIpc) is 3.80. The second-order valence-corrected chi connectivity index (χ2v) is 17.4. The molecule has 0 radical (unpaired) electrons. The number of benzene rings is 1. The number of hydrogen-bond acceptors (Lipinski definition) is 16. The number of aliphatic hydroxyl groups excluding tert-OH is 1. The van der Waals surface area contributed by atoms with E-state index in [2.05, 4.69) is 20.9 Å². The molecule has 18 nitrogen and oxygen atoms in total. The minimum atomic E-state index is -1.52. The quantitative estimate of drug-likeness (QED) is 0.158. The lowest BCUT2D eigenvalue weighted by Gasteiger charge is -2.46. The topological polar surface area (TPSA) is 213 Å². The van der Waals surface area contributed by atoms with Crippen molar-refractivity contribution in [3.8, 4) is 17.1 Å². The highest BCUT2D eigenvalue weighted by Gasteiger charge is 2.60. The van der Waals surface area contributed by atoms with E-state index in [4.69, 9.17) is 32.9 Å². The van der Waals surface area contributed by atoms with Crippen LogP contribution in [0.5, 0.6) is 5.75 Å². The highest BCUT2D eigenvalue weighted by molar-refractivity contribution is 6.00. The van der Waals surface area contributed by atoms with Gasteiger partial charge in [0.2, 0.25) is 17.6 Å². The van der Waals surface area contributed by atoms with E-state index < -0.39 is 89.4 Å². The number of likely N-dealkylation sites (N-methyl/N-ethyl adjacent to an activating group) is 1. The van der Waals surface area contributed by atoms with Crippen LogP contribution >= 0.6 is 0 Å². The van der Waals surface area contributed by atoms with Gasteiger partial charge in [-0.25, -0.2) is 15.2 Å². The monoisotopic (exact) mass is 858 g/mol. The van der Waals surface area contributed by atoms with Crippen LogP contribution in [-0.2, 0) is 44.5 Å². The SMILES string of the molecule is CC[C@H]1OC(=O)[C@H](C)C(=O)[C@H](C)[C@@H](O[C@@H]2O[C@H](C)C[C@H](N(C)C)[C@H]2O)[C@@](C)(OC)C[C@@H](C)NC(=O)C(C)[C@H]2N(NCCCc3nc(-c4ccc(OC)cc4)no3)C(=O)O[C@]12C. The van der Waals surface area contributed by atoms with E-state index in [1.165, 1.54) is 19.0 Å². The number of ether oxygens (including phenoxy) is 6. The zero-order valence-corrected chi connectivity index (χ0v) is 37.6. The number of aliphatic hydroxyl groups is 1. The van der Waals surface area contributed by atoms with Crippen LogP contribution in [-0.4, -0.2) is 144 Å². The van der Waals surface area contributed by atoms with Crippen molar-refractivity contribution >= 4 is 23.8 Å². The van der Waals surface area contributed by atoms with Crippen molar-refractivity contribution in [2.24, 2.45) is 17.8 Å². The van der Waals surface area contributed by atoms with Crippen LogP contribution < -0.4 is 15.5 Å². The first-order valence-corrected chi connectivity index (χ1v) is 21.3. The number of carbonyl (C=O) groups excluding carboxylic acids is 4. The van der Waals surface area contributed by atoms with Crippen LogP contribution in [0.15, 0.2) is 28.8 Å². The molecular formula is C43H66N6O12. The van der Waals surface area contributed by atoms with E-state index in [0.29, 0.717) is 36.7 Å². The van der Waals surface area contributed by atoms with Crippen LogP contribution in [0.25, 0.3) is 11.4 Å². The molecule has 0 bridgehead atoms. The number of nitrogens with zero attached hydrogens (tertiary/aromatic N) is 4. The zero-order chi connectivity index (χ0) is 45.0. The summed E-state index contributed by atoms with van der Waals surface area (Å²) in [4.78, 5) is 62.9. The number of methoxy groups -OCH3 is 2. The summed E-state index contributed by atoms with van der Waals surface area (Å²) in [6.07, 6.45) is -3.53. The van der Waals surface area contributed by atoms with Crippen molar-refractivity contribution in [3.63, 3.8) is 0 Å². The molecule has 1 unspecified atom stereocenters. The van der Waals surface area contributed by atoms with Gasteiger partial charge in [-0.1, -0.05) is 25.9 Å². The Bertz CT molecular complexity index is 1830. The first-order valence-electron chi connectivity index (χ1n) is 21.3. The molecule has 18 heteroatoms. The molecule has 2 aromatic rings. The lowest BCUT2D eigenvalue weighted by molar-refractivity contribution is -0.295. The van der Waals surface area contributed by atoms with Gasteiger partial charge in [0.15, 0.2) is 17.7 Å². The van der Waals surface area contributed by atoms with Crippen molar-refractivity contribution in [2.45, 2.75) is 148 Å². The zero-order valence-electron chi connectivity index (χ0n) is 37.6. The fraction of sp³-hybridized carbons (Fsp3) is 0.721. The van der Waals surface area contributed by atoms with Crippen molar-refractivity contribution in [3.05, 3.63) is 30.2 Å². The van der Waals surface area contributed by atoms with Crippen molar-refractivity contribution in [1.82, 2.24) is 30.8 Å². The van der Waals surface area contributed by atoms with Crippen LogP contribution in [0.3, 0.4) is 0 Å². The predicted octanol–water partition coefficient (Wildman–Crippen LogP) is 3.69. The largest absolute Gasteiger partial charge is 0.497 e. The van der Waals surface area contributed by atoms with Gasteiger partial charge in [0.1, 0.15) is 29.9 Å². The number of aryl methyl sites for hydroxylation is 1. The van der Waals surface area contributed by atoms with Gasteiger partial charge in [-0.05, 0) is 98.7 Å². The van der Waals surface area contributed by atoms with Crippen LogP contribution in [0, 0.1) is 17.8 Å². The Hall–Kier alpha value is -4.20. The first-order chi connectivity index (χ1) is 28.8. The molecule has 3 fully saturated rings. The van der Waals surface area contributed by atoms with Gasteiger partial charge in [0.25, 0.3) is 0 Å². The normalized spacial score (nSPS) is 35.5. The fourth-order valence-corrected chi connectivity index (χ4v) is 9.05. The molecule has 3 N–H and O–H groups in total. The van der Waals surface area contributed by atoms with E-state index in [1.807, 2.05) is 45.0 Å². The highest BCUT2D eigenvalue weighted by atomic mass is 16.7. The summed E-state index contributed by atoms with van der Waals surface area (Å²) in [5.41, 5.74) is 1.14. The minimum Gasteiger partial charge on any atom is -0.497 e. The fourth-order valence-electron chi connectivity index (χ4n) is 9.05. The number of amides is 2. The second kappa shape index (κ2) is 19.9. The Balaban J connectivity index is 1.40. The van der Waals surface area contributed by atoms with Gasteiger partial charge < -0.3 is 48.3 Å². The maximum atomic E-state index is 14.4. The summed E-state index contributed by atoms with van der Waals surface area (Å²) in [6.45, 7) is 13.9. The molecule has 1 aromatic heterocycles. The number of nitrogens with one attached hydrogen (secondary N) is 2. The number of ketones is 1. The summed E-state index contributed by atoms with van der Waals surface area (Å²) in [6, 6.07) is 5.47. The Morgan fingerprint density at radius 3 is 2.34 bits per heavy atom. The smallest absolute Gasteiger partial charge is 0.425 e. The van der Waals surface area contributed by atoms with Crippen molar-refractivity contribution in [1.29, 1.82) is 0 Å². The van der Waals surface area contributed by atoms with E-state index >= 15 is 0 Å². The van der Waals surface area contributed by atoms with Crippen molar-refractivity contribution < 1.29 is 57.2 Å². The third kappa shape index (κ3) is 10.4. The molecule has 340 valence electrons. The molecule has 4 heterocycles. The van der Waals surface area contributed by atoms with Gasteiger partial charge in [-0.15, -0.1) is 0 Å². The molecule has 0 aliphatic carbocycles. The standard InChI is InChI=1S/C43H66N6O12/c1-13-31-43(8)35(49(41(54)60-43)44-20-14-15-32-46-37(47-61-32)28-16-18-29(55-11)19-17-28)27(6)38(52)45-23(2)22-42(7,56-12)36(25(4)33(50)26(5)39(53)58-31)59-40-34(51)30(48(9)10)21-24(3)57-40/h16-19,23-27,30-31,34-36,40,44,51H,13-15,20-22H2,1-12H3,(H,45,52)/t23-,24-,25+,26-,27?,30+,31-,34-,35-,36-,40+,42+,43-/m1/s1. The number of carbonyl (C=O) groups is 4. The number of fused-ring (bicyclic) bond motifs is 1. The summed E-state index contributed by atoms with van der Waals surface area (Å²) in [5, 5.41) is 19.9. The highest BCUT2D eigenvalue weighted by Crippen LogP contribution is 2.40. The van der Waals surface area contributed by atoms with Gasteiger partial charge in [-0.2, -0.15) is 4.98 Å². The number of hydrogen-bond donors (Lipinski definition) is 3. The number of rotatable bonds is 12. The lowest BCUT2D eigenvalue weighted by Crippen LogP contribution is -2.61. The Morgan fingerprint density at radius 1 is 1.03 bits per heavy atom. The molecule has 13 atom stereocenters. The Labute approximate surface area is 358 Å². The van der Waals surface area contributed by atoms with Gasteiger partial charge >= 0.3 is 12.1 Å². The van der Waals surface area contributed by atoms with E-state index in [0.717, 1.165) is 5.56 Å². The molecule has 3 aliphatic heterocycles.